The molecule has 3 atom stereocenters. The first kappa shape index (κ1) is 19.2. The molecule has 3 rings (SSSR count). The molecule has 2 heteroatoms. The van der Waals surface area contributed by atoms with Gasteiger partial charge < -0.3 is 0 Å². The monoisotopic (exact) mass is 350 g/mol. The smallest absolute Gasteiger partial charge is 0.117 e. The summed E-state index contributed by atoms with van der Waals surface area (Å²) in [7, 11) is 0. The number of hydrogen-bond donors (Lipinski definition) is 0. The van der Waals surface area contributed by atoms with Crippen LogP contribution < -0.4 is 0 Å². The average Bonchev–Trinajstić information content (AvgIpc) is 2.62. The Hall–Kier alpha value is -0.580. The van der Waals surface area contributed by atoms with E-state index in [0.717, 1.165) is 17.8 Å². The quantitative estimate of drug-likeness (QED) is 0.487. The van der Waals surface area contributed by atoms with E-state index in [1.807, 2.05) is 0 Å². The zero-order valence-corrected chi connectivity index (χ0v) is 16.0. The predicted molar refractivity (Wildman–Crippen MR) is 101 cm³/mol. The standard InChI is InChI=1S/C23H36F2/c1-2-3-17-4-9-19(10-5-17)20-11-6-18(7-12-20)8-13-21-14-15-22(24)16-23(21)25/h17-23H,2-7,9-12,14-16H2,1H3. The summed E-state index contributed by atoms with van der Waals surface area (Å²) in [5.41, 5.74) is 0. The van der Waals surface area contributed by atoms with Crippen LogP contribution in [0.15, 0.2) is 0 Å². The van der Waals surface area contributed by atoms with Gasteiger partial charge in [-0.2, -0.15) is 0 Å². The molecule has 3 saturated carbocycles. The lowest BCUT2D eigenvalue weighted by atomic mass is 9.69. The van der Waals surface area contributed by atoms with Crippen LogP contribution in [0.2, 0.25) is 0 Å². The number of hydrogen-bond acceptors (Lipinski definition) is 0. The topological polar surface area (TPSA) is 0 Å². The summed E-state index contributed by atoms with van der Waals surface area (Å²) >= 11 is 0. The molecule has 3 aliphatic rings. The minimum Gasteiger partial charge on any atom is -0.247 e. The Balaban J connectivity index is 1.40. The van der Waals surface area contributed by atoms with Crippen LogP contribution in [0.3, 0.4) is 0 Å². The van der Waals surface area contributed by atoms with E-state index >= 15 is 0 Å². The zero-order valence-electron chi connectivity index (χ0n) is 16.0. The highest BCUT2D eigenvalue weighted by molar-refractivity contribution is 5.11. The van der Waals surface area contributed by atoms with Gasteiger partial charge in [0, 0.05) is 12.3 Å². The van der Waals surface area contributed by atoms with Crippen LogP contribution in [-0.4, -0.2) is 12.3 Å². The molecule has 25 heavy (non-hydrogen) atoms. The average molecular weight is 351 g/mol. The maximum absolute atomic E-state index is 13.9. The van der Waals surface area contributed by atoms with E-state index in [2.05, 4.69) is 18.8 Å². The predicted octanol–water partition coefficient (Wildman–Crippen LogP) is 6.88. The molecule has 3 aliphatic carbocycles. The Morgan fingerprint density at radius 1 is 0.760 bits per heavy atom. The summed E-state index contributed by atoms with van der Waals surface area (Å²) < 4.78 is 27.1. The van der Waals surface area contributed by atoms with Crippen molar-refractivity contribution in [2.45, 2.75) is 103 Å². The van der Waals surface area contributed by atoms with Crippen molar-refractivity contribution in [3.05, 3.63) is 0 Å². The number of halogens is 2. The SMILES string of the molecule is CCCC1CCC(C2CCC(C#CC3CCC(F)CC3F)CC2)CC1. The number of rotatable bonds is 3. The number of alkyl halides is 2. The van der Waals surface area contributed by atoms with Gasteiger partial charge in [-0.15, -0.1) is 0 Å². The first-order valence-corrected chi connectivity index (χ1v) is 10.9. The molecule has 0 nitrogen and oxygen atoms in total. The van der Waals surface area contributed by atoms with Gasteiger partial charge in [0.05, 0.1) is 5.92 Å². The van der Waals surface area contributed by atoms with E-state index in [0.29, 0.717) is 18.8 Å². The van der Waals surface area contributed by atoms with Crippen molar-refractivity contribution in [3.63, 3.8) is 0 Å². The summed E-state index contributed by atoms with van der Waals surface area (Å²) in [6, 6.07) is 0. The lowest BCUT2D eigenvalue weighted by Gasteiger charge is -2.37. The third-order valence-electron chi connectivity index (χ3n) is 7.21. The van der Waals surface area contributed by atoms with Crippen LogP contribution in [0.1, 0.15) is 90.4 Å². The van der Waals surface area contributed by atoms with Gasteiger partial charge in [-0.05, 0) is 69.1 Å². The van der Waals surface area contributed by atoms with E-state index in [9.17, 15) is 8.78 Å². The Bertz CT molecular complexity index is 446. The van der Waals surface area contributed by atoms with Crippen LogP contribution in [0.4, 0.5) is 8.78 Å². The highest BCUT2D eigenvalue weighted by atomic mass is 19.1. The molecule has 3 unspecified atom stereocenters. The second kappa shape index (κ2) is 9.38. The minimum atomic E-state index is -1.05. The third-order valence-corrected chi connectivity index (χ3v) is 7.21. The second-order valence-corrected chi connectivity index (χ2v) is 9.00. The highest BCUT2D eigenvalue weighted by Gasteiger charge is 2.31. The molecule has 0 spiro atoms. The van der Waals surface area contributed by atoms with Crippen LogP contribution >= 0.6 is 0 Å². The third kappa shape index (κ3) is 5.45. The summed E-state index contributed by atoms with van der Waals surface area (Å²) in [6.07, 6.45) is 12.7. The van der Waals surface area contributed by atoms with Crippen molar-refractivity contribution >= 4 is 0 Å². The molecular formula is C23H36F2. The van der Waals surface area contributed by atoms with Crippen molar-refractivity contribution in [2.24, 2.45) is 29.6 Å². The minimum absolute atomic E-state index is 0.0623. The molecule has 0 aliphatic heterocycles. The Morgan fingerprint density at radius 3 is 2.00 bits per heavy atom. The molecule has 0 heterocycles. The fourth-order valence-corrected chi connectivity index (χ4v) is 5.55. The van der Waals surface area contributed by atoms with Crippen molar-refractivity contribution in [2.75, 3.05) is 0 Å². The van der Waals surface area contributed by atoms with E-state index in [4.69, 9.17) is 0 Å². The van der Waals surface area contributed by atoms with Crippen LogP contribution in [0, 0.1) is 41.4 Å². The molecule has 0 N–H and O–H groups in total. The molecule has 0 amide bonds. The van der Waals surface area contributed by atoms with Crippen molar-refractivity contribution in [1.29, 1.82) is 0 Å². The zero-order chi connectivity index (χ0) is 17.6. The second-order valence-electron chi connectivity index (χ2n) is 9.00. The van der Waals surface area contributed by atoms with Gasteiger partial charge in [0.2, 0.25) is 0 Å². The summed E-state index contributed by atoms with van der Waals surface area (Å²) in [6.45, 7) is 2.31. The first-order chi connectivity index (χ1) is 12.2. The van der Waals surface area contributed by atoms with Gasteiger partial charge in [-0.3, -0.25) is 0 Å². The van der Waals surface area contributed by atoms with Gasteiger partial charge in [0.25, 0.3) is 0 Å². The molecule has 3 fully saturated rings. The Kier molecular flexibility index (Phi) is 7.20. The van der Waals surface area contributed by atoms with Crippen LogP contribution in [0.25, 0.3) is 0 Å². The van der Waals surface area contributed by atoms with Crippen molar-refractivity contribution in [3.8, 4) is 11.8 Å². The van der Waals surface area contributed by atoms with Crippen molar-refractivity contribution in [1.82, 2.24) is 0 Å². The molecule has 0 aromatic heterocycles. The van der Waals surface area contributed by atoms with E-state index in [1.54, 1.807) is 0 Å². The maximum Gasteiger partial charge on any atom is 0.117 e. The van der Waals surface area contributed by atoms with E-state index in [-0.39, 0.29) is 12.3 Å². The molecule has 0 saturated heterocycles. The van der Waals surface area contributed by atoms with Gasteiger partial charge in [0.1, 0.15) is 12.3 Å². The fraction of sp³-hybridized carbons (Fsp3) is 0.913. The molecule has 0 aromatic carbocycles. The van der Waals surface area contributed by atoms with E-state index < -0.39 is 12.3 Å². The Labute approximate surface area is 153 Å². The van der Waals surface area contributed by atoms with Crippen LogP contribution in [-0.2, 0) is 0 Å². The highest BCUT2D eigenvalue weighted by Crippen LogP contribution is 2.42. The molecule has 0 aromatic rings. The first-order valence-electron chi connectivity index (χ1n) is 10.9. The maximum atomic E-state index is 13.9. The largest absolute Gasteiger partial charge is 0.247 e. The summed E-state index contributed by atoms with van der Waals surface area (Å²) in [5, 5.41) is 0. The molecule has 0 radical (unpaired) electrons. The van der Waals surface area contributed by atoms with E-state index in [1.165, 1.54) is 64.2 Å². The van der Waals surface area contributed by atoms with Gasteiger partial charge in [-0.25, -0.2) is 8.78 Å². The summed E-state index contributed by atoms with van der Waals surface area (Å²) in [5.74, 6) is 9.67. The Morgan fingerprint density at radius 2 is 1.40 bits per heavy atom. The van der Waals surface area contributed by atoms with Gasteiger partial charge >= 0.3 is 0 Å². The lowest BCUT2D eigenvalue weighted by molar-refractivity contribution is 0.128. The van der Waals surface area contributed by atoms with Crippen LogP contribution in [0.5, 0.6) is 0 Å². The normalized spacial score (nSPS) is 42.4. The van der Waals surface area contributed by atoms with Crippen molar-refractivity contribution < 1.29 is 8.78 Å². The fourth-order valence-electron chi connectivity index (χ4n) is 5.55. The molecular weight excluding hydrogens is 314 g/mol. The lowest BCUT2D eigenvalue weighted by Crippen LogP contribution is -2.27. The summed E-state index contributed by atoms with van der Waals surface area (Å²) in [4.78, 5) is 0. The van der Waals surface area contributed by atoms with Gasteiger partial charge in [0.15, 0.2) is 0 Å². The molecule has 0 bridgehead atoms. The molecule has 142 valence electrons. The van der Waals surface area contributed by atoms with Gasteiger partial charge in [-0.1, -0.05) is 44.4 Å².